The zero-order valence-electron chi connectivity index (χ0n) is 12.7. The molecule has 2 rings (SSSR count). The number of hydrogen-bond acceptors (Lipinski definition) is 4. The van der Waals surface area contributed by atoms with Crippen molar-refractivity contribution in [1.29, 1.82) is 0 Å². The molecule has 0 aliphatic carbocycles. The number of carbonyl (C=O) groups is 1. The van der Waals surface area contributed by atoms with Gasteiger partial charge in [0.2, 0.25) is 0 Å². The number of nitrogens with one attached hydrogen (secondary N) is 2. The average molecular weight is 302 g/mol. The summed E-state index contributed by atoms with van der Waals surface area (Å²) in [4.78, 5) is 20.4. The highest BCUT2D eigenvalue weighted by atomic mass is 19.1. The maximum absolute atomic E-state index is 12.9. The molecule has 1 aromatic carbocycles. The molecule has 0 saturated carbocycles. The van der Waals surface area contributed by atoms with Crippen LogP contribution >= 0.6 is 0 Å². The van der Waals surface area contributed by atoms with E-state index >= 15 is 0 Å². The molecule has 1 aromatic heterocycles. The lowest BCUT2D eigenvalue weighted by molar-refractivity contribution is 0.0948. The Hall–Kier alpha value is -2.50. The van der Waals surface area contributed by atoms with E-state index in [0.29, 0.717) is 29.6 Å². The standard InChI is InChI=1S/C16H19FN4O/c1-3-4-9-18-16(22)14-10-15(20-11(2)19-14)21-13-7-5-12(17)6-8-13/h5-8,10H,3-4,9H2,1-2H3,(H,18,22)(H,19,20,21). The Morgan fingerprint density at radius 1 is 1.23 bits per heavy atom. The summed E-state index contributed by atoms with van der Waals surface area (Å²) >= 11 is 0. The summed E-state index contributed by atoms with van der Waals surface area (Å²) in [6, 6.07) is 7.50. The summed E-state index contributed by atoms with van der Waals surface area (Å²) in [6.07, 6.45) is 1.94. The lowest BCUT2D eigenvalue weighted by Gasteiger charge is -2.09. The van der Waals surface area contributed by atoms with Gasteiger partial charge in [-0.15, -0.1) is 0 Å². The first-order chi connectivity index (χ1) is 10.6. The van der Waals surface area contributed by atoms with Gasteiger partial charge in [-0.3, -0.25) is 4.79 Å². The van der Waals surface area contributed by atoms with Crippen molar-refractivity contribution in [2.24, 2.45) is 0 Å². The molecule has 0 bridgehead atoms. The van der Waals surface area contributed by atoms with E-state index in [9.17, 15) is 9.18 Å². The smallest absolute Gasteiger partial charge is 0.270 e. The van der Waals surface area contributed by atoms with Gasteiger partial charge in [0.15, 0.2) is 0 Å². The highest BCUT2D eigenvalue weighted by Crippen LogP contribution is 2.16. The van der Waals surface area contributed by atoms with Crippen LogP contribution in [-0.2, 0) is 0 Å². The van der Waals surface area contributed by atoms with E-state index in [1.807, 2.05) is 0 Å². The van der Waals surface area contributed by atoms with Crippen LogP contribution in [0.3, 0.4) is 0 Å². The summed E-state index contributed by atoms with van der Waals surface area (Å²) < 4.78 is 12.9. The fourth-order valence-electron chi connectivity index (χ4n) is 1.90. The number of nitrogens with zero attached hydrogens (tertiary/aromatic N) is 2. The molecular formula is C16H19FN4O. The van der Waals surface area contributed by atoms with Gasteiger partial charge < -0.3 is 10.6 Å². The number of rotatable bonds is 6. The SMILES string of the molecule is CCCCNC(=O)c1cc(Nc2ccc(F)cc2)nc(C)n1. The van der Waals surface area contributed by atoms with Gasteiger partial charge in [0, 0.05) is 18.3 Å². The van der Waals surface area contributed by atoms with Gasteiger partial charge >= 0.3 is 0 Å². The maximum atomic E-state index is 12.9. The summed E-state index contributed by atoms with van der Waals surface area (Å²) in [7, 11) is 0. The van der Waals surface area contributed by atoms with Crippen LogP contribution in [-0.4, -0.2) is 22.4 Å². The number of aryl methyl sites for hydroxylation is 1. The minimum atomic E-state index is -0.305. The zero-order valence-corrected chi connectivity index (χ0v) is 12.7. The summed E-state index contributed by atoms with van der Waals surface area (Å²) in [6.45, 7) is 4.41. The van der Waals surface area contributed by atoms with Crippen molar-refractivity contribution < 1.29 is 9.18 Å². The molecule has 6 heteroatoms. The number of anilines is 2. The molecule has 2 aromatic rings. The Bertz CT molecular complexity index is 643. The van der Waals surface area contributed by atoms with E-state index in [1.165, 1.54) is 12.1 Å². The predicted octanol–water partition coefficient (Wildman–Crippen LogP) is 3.20. The Morgan fingerprint density at radius 3 is 2.64 bits per heavy atom. The first kappa shape index (κ1) is 15.9. The Morgan fingerprint density at radius 2 is 1.95 bits per heavy atom. The Kier molecular flexibility index (Phi) is 5.41. The molecule has 2 N–H and O–H groups in total. The molecule has 0 aliphatic rings. The summed E-state index contributed by atoms with van der Waals surface area (Å²) in [5, 5.41) is 5.86. The van der Waals surface area contributed by atoms with Gasteiger partial charge in [-0.1, -0.05) is 13.3 Å². The third kappa shape index (κ3) is 4.51. The van der Waals surface area contributed by atoms with Crippen molar-refractivity contribution in [3.8, 4) is 0 Å². The number of hydrogen-bond donors (Lipinski definition) is 2. The minimum absolute atomic E-state index is 0.221. The molecule has 0 radical (unpaired) electrons. The highest BCUT2D eigenvalue weighted by Gasteiger charge is 2.10. The van der Waals surface area contributed by atoms with Crippen molar-refractivity contribution in [1.82, 2.24) is 15.3 Å². The second-order valence-electron chi connectivity index (χ2n) is 4.93. The highest BCUT2D eigenvalue weighted by molar-refractivity contribution is 5.93. The fourth-order valence-corrected chi connectivity index (χ4v) is 1.90. The zero-order chi connectivity index (χ0) is 15.9. The minimum Gasteiger partial charge on any atom is -0.351 e. The van der Waals surface area contributed by atoms with Gasteiger partial charge in [-0.05, 0) is 37.6 Å². The first-order valence-corrected chi connectivity index (χ1v) is 7.25. The third-order valence-corrected chi connectivity index (χ3v) is 3.00. The van der Waals surface area contributed by atoms with Crippen LogP contribution in [0, 0.1) is 12.7 Å². The van der Waals surface area contributed by atoms with E-state index in [0.717, 1.165) is 12.8 Å². The normalized spacial score (nSPS) is 10.3. The molecule has 5 nitrogen and oxygen atoms in total. The van der Waals surface area contributed by atoms with Crippen LogP contribution < -0.4 is 10.6 Å². The van der Waals surface area contributed by atoms with Crippen LogP contribution in [0.5, 0.6) is 0 Å². The lowest BCUT2D eigenvalue weighted by atomic mass is 10.3. The van der Waals surface area contributed by atoms with Gasteiger partial charge in [0.1, 0.15) is 23.2 Å². The molecule has 0 unspecified atom stereocenters. The van der Waals surface area contributed by atoms with Gasteiger partial charge in [-0.2, -0.15) is 0 Å². The van der Waals surface area contributed by atoms with Crippen LogP contribution in [0.2, 0.25) is 0 Å². The molecule has 1 heterocycles. The largest absolute Gasteiger partial charge is 0.351 e. The number of halogens is 1. The van der Waals surface area contributed by atoms with Crippen molar-refractivity contribution >= 4 is 17.4 Å². The second-order valence-corrected chi connectivity index (χ2v) is 4.93. The maximum Gasteiger partial charge on any atom is 0.270 e. The van der Waals surface area contributed by atoms with E-state index in [4.69, 9.17) is 0 Å². The van der Waals surface area contributed by atoms with Crippen LogP contribution in [0.4, 0.5) is 15.9 Å². The predicted molar refractivity (Wildman–Crippen MR) is 83.7 cm³/mol. The number of carbonyl (C=O) groups excluding carboxylic acids is 1. The molecular weight excluding hydrogens is 283 g/mol. The summed E-state index contributed by atoms with van der Waals surface area (Å²) in [5.41, 5.74) is 1.00. The molecule has 116 valence electrons. The second kappa shape index (κ2) is 7.49. The van der Waals surface area contributed by atoms with Gasteiger partial charge in [0.25, 0.3) is 5.91 Å². The van der Waals surface area contributed by atoms with Crippen molar-refractivity contribution in [2.75, 3.05) is 11.9 Å². The topological polar surface area (TPSA) is 66.9 Å². The number of unbranched alkanes of at least 4 members (excludes halogenated alkanes) is 1. The van der Waals surface area contributed by atoms with E-state index in [2.05, 4.69) is 27.5 Å². The number of amides is 1. The van der Waals surface area contributed by atoms with Gasteiger partial charge in [0.05, 0.1) is 0 Å². The van der Waals surface area contributed by atoms with Crippen molar-refractivity contribution in [2.45, 2.75) is 26.7 Å². The Labute approximate surface area is 129 Å². The first-order valence-electron chi connectivity index (χ1n) is 7.25. The fraction of sp³-hybridized carbons (Fsp3) is 0.312. The molecule has 1 amide bonds. The molecule has 0 aliphatic heterocycles. The Balaban J connectivity index is 2.12. The van der Waals surface area contributed by atoms with Crippen LogP contribution in [0.1, 0.15) is 36.1 Å². The van der Waals surface area contributed by atoms with E-state index in [-0.39, 0.29) is 11.7 Å². The average Bonchev–Trinajstić information content (AvgIpc) is 2.49. The third-order valence-electron chi connectivity index (χ3n) is 3.00. The van der Waals surface area contributed by atoms with Crippen LogP contribution in [0.15, 0.2) is 30.3 Å². The molecule has 22 heavy (non-hydrogen) atoms. The molecule has 0 saturated heterocycles. The molecule has 0 spiro atoms. The van der Waals surface area contributed by atoms with Crippen molar-refractivity contribution in [3.05, 3.63) is 47.7 Å². The number of aromatic nitrogens is 2. The number of benzene rings is 1. The lowest BCUT2D eigenvalue weighted by Crippen LogP contribution is -2.25. The van der Waals surface area contributed by atoms with E-state index < -0.39 is 0 Å². The molecule has 0 atom stereocenters. The monoisotopic (exact) mass is 302 g/mol. The van der Waals surface area contributed by atoms with E-state index in [1.54, 1.807) is 25.1 Å². The van der Waals surface area contributed by atoms with Crippen molar-refractivity contribution in [3.63, 3.8) is 0 Å². The van der Waals surface area contributed by atoms with Gasteiger partial charge in [-0.25, -0.2) is 14.4 Å². The molecule has 0 fully saturated rings. The quantitative estimate of drug-likeness (QED) is 0.804. The van der Waals surface area contributed by atoms with Crippen LogP contribution in [0.25, 0.3) is 0 Å². The summed E-state index contributed by atoms with van der Waals surface area (Å²) in [5.74, 6) is 0.467.